The number of nitrogens with one attached hydrogen (secondary N) is 1. The van der Waals surface area contributed by atoms with Crippen molar-refractivity contribution in [1.82, 2.24) is 4.98 Å². The van der Waals surface area contributed by atoms with E-state index in [0.717, 1.165) is 19.3 Å². The predicted molar refractivity (Wildman–Crippen MR) is 62.4 cm³/mol. The molecular formula is C12H14N2O2. The van der Waals surface area contributed by atoms with Gasteiger partial charge in [-0.3, -0.25) is 4.98 Å². The number of hydrogen-bond acceptors (Lipinski definition) is 3. The molecule has 0 saturated heterocycles. The van der Waals surface area contributed by atoms with E-state index in [0.29, 0.717) is 12.2 Å². The van der Waals surface area contributed by atoms with Crippen LogP contribution in [0.5, 0.6) is 0 Å². The standard InChI is InChI=1S/C12H14N2O2/c1-2-3-4-5-7-14-11-9-13-8-6-10(11)12(15)16/h1,6,8-9,14H,3-5,7H2,(H,15,16). The molecule has 16 heavy (non-hydrogen) atoms. The molecule has 1 aromatic rings. The first-order chi connectivity index (χ1) is 7.75. The highest BCUT2D eigenvalue weighted by Crippen LogP contribution is 2.13. The molecule has 1 heterocycles. The maximum Gasteiger partial charge on any atom is 0.337 e. The third-order valence-corrected chi connectivity index (χ3v) is 2.11. The molecule has 0 fully saturated rings. The zero-order valence-electron chi connectivity index (χ0n) is 8.94. The zero-order valence-corrected chi connectivity index (χ0v) is 8.94. The fourth-order valence-electron chi connectivity index (χ4n) is 1.30. The highest BCUT2D eigenvalue weighted by Gasteiger charge is 2.08. The van der Waals surface area contributed by atoms with Crippen LogP contribution in [0.3, 0.4) is 0 Å². The van der Waals surface area contributed by atoms with Crippen LogP contribution < -0.4 is 5.32 Å². The van der Waals surface area contributed by atoms with Gasteiger partial charge in [0.15, 0.2) is 0 Å². The SMILES string of the molecule is C#CCCCCNc1cnccc1C(=O)O. The number of anilines is 1. The molecule has 1 rings (SSSR count). The Morgan fingerprint density at radius 2 is 2.38 bits per heavy atom. The Hall–Kier alpha value is -2.02. The number of carbonyl (C=O) groups is 1. The van der Waals surface area contributed by atoms with E-state index in [4.69, 9.17) is 11.5 Å². The fraction of sp³-hybridized carbons (Fsp3) is 0.333. The lowest BCUT2D eigenvalue weighted by atomic mass is 10.2. The normalized spacial score (nSPS) is 9.44. The molecule has 0 aromatic carbocycles. The lowest BCUT2D eigenvalue weighted by Gasteiger charge is -2.07. The molecule has 0 atom stereocenters. The summed E-state index contributed by atoms with van der Waals surface area (Å²) in [5, 5.41) is 12.0. The number of rotatable bonds is 6. The minimum Gasteiger partial charge on any atom is -0.478 e. The van der Waals surface area contributed by atoms with Crippen LogP contribution >= 0.6 is 0 Å². The second kappa shape index (κ2) is 6.46. The monoisotopic (exact) mass is 218 g/mol. The van der Waals surface area contributed by atoms with Gasteiger partial charge >= 0.3 is 5.97 Å². The largest absolute Gasteiger partial charge is 0.478 e. The molecule has 84 valence electrons. The summed E-state index contributed by atoms with van der Waals surface area (Å²) in [6.07, 6.45) is 10.7. The van der Waals surface area contributed by atoms with Crippen molar-refractivity contribution in [2.24, 2.45) is 0 Å². The van der Waals surface area contributed by atoms with Gasteiger partial charge in [0.2, 0.25) is 0 Å². The summed E-state index contributed by atoms with van der Waals surface area (Å²) >= 11 is 0. The molecule has 0 aliphatic heterocycles. The minimum absolute atomic E-state index is 0.243. The van der Waals surface area contributed by atoms with Gasteiger partial charge in [-0.2, -0.15) is 0 Å². The molecule has 0 unspecified atom stereocenters. The molecule has 4 nitrogen and oxygen atoms in total. The topological polar surface area (TPSA) is 62.2 Å². The highest BCUT2D eigenvalue weighted by atomic mass is 16.4. The molecule has 0 bridgehead atoms. The number of carboxylic acid groups (broad SMARTS) is 1. The first kappa shape index (κ1) is 12.1. The maximum absolute atomic E-state index is 10.9. The van der Waals surface area contributed by atoms with Crippen molar-refractivity contribution in [3.8, 4) is 12.3 Å². The molecule has 0 radical (unpaired) electrons. The molecule has 0 amide bonds. The van der Waals surface area contributed by atoms with Gasteiger partial charge in [0.1, 0.15) is 0 Å². The second-order valence-corrected chi connectivity index (χ2v) is 3.31. The molecule has 1 aromatic heterocycles. The predicted octanol–water partition coefficient (Wildman–Crippen LogP) is 2.00. The lowest BCUT2D eigenvalue weighted by Crippen LogP contribution is -2.07. The summed E-state index contributed by atoms with van der Waals surface area (Å²) in [5.41, 5.74) is 0.794. The molecule has 0 aliphatic carbocycles. The summed E-state index contributed by atoms with van der Waals surface area (Å²) < 4.78 is 0. The van der Waals surface area contributed by atoms with Crippen molar-refractivity contribution in [2.75, 3.05) is 11.9 Å². The van der Waals surface area contributed by atoms with Crippen LogP contribution in [0.2, 0.25) is 0 Å². The van der Waals surface area contributed by atoms with Crippen LogP contribution in [0, 0.1) is 12.3 Å². The zero-order chi connectivity index (χ0) is 11.8. The quantitative estimate of drug-likeness (QED) is 0.566. The Bertz CT molecular complexity index is 396. The smallest absolute Gasteiger partial charge is 0.337 e. The maximum atomic E-state index is 10.9. The molecule has 2 N–H and O–H groups in total. The van der Waals surface area contributed by atoms with E-state index in [1.54, 1.807) is 0 Å². The number of pyridine rings is 1. The Labute approximate surface area is 94.7 Å². The molecule has 0 aliphatic rings. The second-order valence-electron chi connectivity index (χ2n) is 3.31. The Balaban J connectivity index is 2.47. The van der Waals surface area contributed by atoms with E-state index < -0.39 is 5.97 Å². The third-order valence-electron chi connectivity index (χ3n) is 2.11. The van der Waals surface area contributed by atoms with E-state index in [-0.39, 0.29) is 5.56 Å². The van der Waals surface area contributed by atoms with Gasteiger partial charge in [0, 0.05) is 19.2 Å². The van der Waals surface area contributed by atoms with Crippen molar-refractivity contribution in [2.45, 2.75) is 19.3 Å². The van der Waals surface area contributed by atoms with Crippen LogP contribution in [0.4, 0.5) is 5.69 Å². The summed E-state index contributed by atoms with van der Waals surface area (Å²) in [6.45, 7) is 0.702. The van der Waals surface area contributed by atoms with Gasteiger partial charge in [-0.05, 0) is 18.9 Å². The van der Waals surface area contributed by atoms with Crippen molar-refractivity contribution in [3.05, 3.63) is 24.0 Å². The molecule has 0 spiro atoms. The van der Waals surface area contributed by atoms with Gasteiger partial charge in [-0.25, -0.2) is 4.79 Å². The van der Waals surface area contributed by atoms with Crippen LogP contribution in [0.25, 0.3) is 0 Å². The first-order valence-corrected chi connectivity index (χ1v) is 5.10. The minimum atomic E-state index is -0.950. The molecule has 0 saturated carbocycles. The average Bonchev–Trinajstić information content (AvgIpc) is 2.29. The summed E-state index contributed by atoms with van der Waals surface area (Å²) in [7, 11) is 0. The van der Waals surface area contributed by atoms with Crippen molar-refractivity contribution in [1.29, 1.82) is 0 Å². The van der Waals surface area contributed by atoms with Gasteiger partial charge in [-0.15, -0.1) is 12.3 Å². The fourth-order valence-corrected chi connectivity index (χ4v) is 1.30. The Morgan fingerprint density at radius 3 is 3.06 bits per heavy atom. The van der Waals surface area contributed by atoms with Crippen LogP contribution in [0.15, 0.2) is 18.5 Å². The van der Waals surface area contributed by atoms with Crippen LogP contribution in [-0.2, 0) is 0 Å². The van der Waals surface area contributed by atoms with E-state index in [2.05, 4.69) is 16.2 Å². The van der Waals surface area contributed by atoms with Crippen molar-refractivity contribution in [3.63, 3.8) is 0 Å². The van der Waals surface area contributed by atoms with Gasteiger partial charge < -0.3 is 10.4 Å². The number of aromatic carboxylic acids is 1. The van der Waals surface area contributed by atoms with Crippen molar-refractivity contribution >= 4 is 11.7 Å². The summed E-state index contributed by atoms with van der Waals surface area (Å²) in [6, 6.07) is 1.48. The number of carboxylic acids is 1. The first-order valence-electron chi connectivity index (χ1n) is 5.10. The van der Waals surface area contributed by atoms with Crippen LogP contribution in [-0.4, -0.2) is 22.6 Å². The van der Waals surface area contributed by atoms with Gasteiger partial charge in [0.05, 0.1) is 17.4 Å². The third kappa shape index (κ3) is 3.62. The molecular weight excluding hydrogens is 204 g/mol. The summed E-state index contributed by atoms with van der Waals surface area (Å²) in [4.78, 5) is 14.7. The average molecular weight is 218 g/mol. The number of hydrogen-bond donors (Lipinski definition) is 2. The Kier molecular flexibility index (Phi) is 4.87. The van der Waals surface area contributed by atoms with E-state index >= 15 is 0 Å². The molecule has 4 heteroatoms. The van der Waals surface area contributed by atoms with Gasteiger partial charge in [-0.1, -0.05) is 0 Å². The van der Waals surface area contributed by atoms with Crippen LogP contribution in [0.1, 0.15) is 29.6 Å². The lowest BCUT2D eigenvalue weighted by molar-refractivity contribution is 0.0698. The van der Waals surface area contributed by atoms with E-state index in [9.17, 15) is 4.79 Å². The van der Waals surface area contributed by atoms with E-state index in [1.165, 1.54) is 18.5 Å². The van der Waals surface area contributed by atoms with E-state index in [1.807, 2.05) is 0 Å². The van der Waals surface area contributed by atoms with Crippen molar-refractivity contribution < 1.29 is 9.90 Å². The Morgan fingerprint density at radius 1 is 1.56 bits per heavy atom. The number of terminal acetylenes is 1. The number of unbranched alkanes of at least 4 members (excludes halogenated alkanes) is 2. The number of aromatic nitrogens is 1. The van der Waals surface area contributed by atoms with Gasteiger partial charge in [0.25, 0.3) is 0 Å². The summed E-state index contributed by atoms with van der Waals surface area (Å²) in [5.74, 6) is 1.61. The highest BCUT2D eigenvalue weighted by molar-refractivity contribution is 5.93. The number of nitrogens with zero attached hydrogens (tertiary/aromatic N) is 1.